The second-order valence-corrected chi connectivity index (χ2v) is 16.5. The minimum absolute atomic E-state index is 0.540. The predicted octanol–water partition coefficient (Wildman–Crippen LogP) is 15.4. The highest BCUT2D eigenvalue weighted by Gasteiger charge is 2.19. The lowest BCUT2D eigenvalue weighted by molar-refractivity contribution is 0.655. The van der Waals surface area contributed by atoms with Crippen molar-refractivity contribution >= 4 is 98.4 Å². The van der Waals surface area contributed by atoms with E-state index in [0.717, 1.165) is 82.7 Å². The molecule has 14 aromatic rings. The van der Waals surface area contributed by atoms with E-state index in [2.05, 4.69) is 197 Å². The smallest absolute Gasteiger partial charge is 0.246 e. The van der Waals surface area contributed by atoms with Crippen molar-refractivity contribution in [2.75, 3.05) is 0 Å². The van der Waals surface area contributed by atoms with Crippen molar-refractivity contribution in [3.63, 3.8) is 0 Å². The fraction of sp³-hybridized carbons (Fsp3) is 0. The van der Waals surface area contributed by atoms with Gasteiger partial charge in [0.25, 0.3) is 0 Å². The van der Waals surface area contributed by atoms with E-state index in [1.807, 2.05) is 18.2 Å². The third kappa shape index (κ3) is 4.99. The van der Waals surface area contributed by atoms with Gasteiger partial charge in [0, 0.05) is 49.1 Å². The highest BCUT2D eigenvalue weighted by Crippen LogP contribution is 2.41. The monoisotopic (exact) mass is 802 g/mol. The maximum absolute atomic E-state index is 6.39. The summed E-state index contributed by atoms with van der Waals surface area (Å²) in [5.41, 5.74) is 15.2. The van der Waals surface area contributed by atoms with Gasteiger partial charge in [-0.3, -0.25) is 0 Å². The van der Waals surface area contributed by atoms with E-state index in [0.29, 0.717) is 5.71 Å². The van der Waals surface area contributed by atoms with Gasteiger partial charge in [-0.2, -0.15) is 0 Å². The zero-order chi connectivity index (χ0) is 41.2. The van der Waals surface area contributed by atoms with Crippen LogP contribution in [0.4, 0.5) is 0 Å². The first kappa shape index (κ1) is 34.2. The normalized spacial score (nSPS) is 12.1. The van der Waals surface area contributed by atoms with Crippen LogP contribution in [-0.4, -0.2) is 19.1 Å². The Hall–Kier alpha value is -8.54. The number of fused-ring (bicyclic) bond motifs is 15. The lowest BCUT2D eigenvalue weighted by Gasteiger charge is -2.14. The van der Waals surface area contributed by atoms with Crippen LogP contribution in [0.5, 0.6) is 0 Å². The Balaban J connectivity index is 0.976. The maximum Gasteiger partial charge on any atom is 0.246 e. The third-order valence-electron chi connectivity index (χ3n) is 13.1. The Bertz CT molecular complexity index is 4120. The first-order chi connectivity index (χ1) is 31.2. The molecular formula is C58H34N4O. The van der Waals surface area contributed by atoms with Gasteiger partial charge < -0.3 is 13.6 Å². The van der Waals surface area contributed by atoms with Crippen LogP contribution in [0, 0.1) is 0 Å². The van der Waals surface area contributed by atoms with E-state index < -0.39 is 0 Å². The molecule has 0 saturated heterocycles. The summed E-state index contributed by atoms with van der Waals surface area (Å²) in [5.74, 6) is 0. The van der Waals surface area contributed by atoms with Crippen LogP contribution in [0.1, 0.15) is 0 Å². The molecule has 0 spiro atoms. The molecule has 0 fully saturated rings. The molecule has 4 aromatic heterocycles. The fourth-order valence-electron chi connectivity index (χ4n) is 10.3. The molecule has 4 heterocycles. The van der Waals surface area contributed by atoms with E-state index >= 15 is 0 Å². The van der Waals surface area contributed by atoms with Crippen molar-refractivity contribution in [2.24, 2.45) is 0 Å². The van der Waals surface area contributed by atoms with Crippen molar-refractivity contribution in [3.05, 3.63) is 206 Å². The van der Waals surface area contributed by atoms with E-state index in [9.17, 15) is 0 Å². The molecule has 0 saturated carbocycles. The standard InChI is InChI=1S/C58H34N4O/c1-6-22-50-43(17-1)44-18-2-7-23-51(44)61(50)39-15-11-13-35(31-39)37-27-29-41-42-30-28-38(34-49(42)56-55(48(41)33-37)59-57-47-21-5-10-26-54(47)63-58(57)60-56)36-14-12-16-40(32-36)62-52-24-8-3-19-45(52)46-20-4-9-25-53(46)62/h1-34H. The average Bonchev–Trinajstić information content (AvgIpc) is 4.01. The Kier molecular flexibility index (Phi) is 7.05. The van der Waals surface area contributed by atoms with Crippen molar-refractivity contribution in [1.29, 1.82) is 0 Å². The highest BCUT2D eigenvalue weighted by molar-refractivity contribution is 6.25. The fourth-order valence-corrected chi connectivity index (χ4v) is 10.3. The van der Waals surface area contributed by atoms with Crippen molar-refractivity contribution in [1.82, 2.24) is 19.1 Å². The molecule has 5 heteroatoms. The first-order valence-corrected chi connectivity index (χ1v) is 21.4. The average molecular weight is 803 g/mol. The zero-order valence-corrected chi connectivity index (χ0v) is 33.8. The molecule has 0 aliphatic carbocycles. The minimum atomic E-state index is 0.540. The van der Waals surface area contributed by atoms with Gasteiger partial charge in [0.05, 0.1) is 27.6 Å². The summed E-state index contributed by atoms with van der Waals surface area (Å²) < 4.78 is 11.1. The van der Waals surface area contributed by atoms with E-state index in [-0.39, 0.29) is 0 Å². The number of hydrogen-bond donors (Lipinski definition) is 0. The van der Waals surface area contributed by atoms with Crippen molar-refractivity contribution in [3.8, 4) is 33.6 Å². The van der Waals surface area contributed by atoms with E-state index in [1.54, 1.807) is 0 Å². The summed E-state index contributed by atoms with van der Waals surface area (Å²) in [4.78, 5) is 10.8. The number of furan rings is 1. The number of rotatable bonds is 4. The summed E-state index contributed by atoms with van der Waals surface area (Å²) in [5, 5.41) is 10.3. The van der Waals surface area contributed by atoms with Crippen LogP contribution in [0.25, 0.3) is 132 Å². The summed E-state index contributed by atoms with van der Waals surface area (Å²) >= 11 is 0. The Morgan fingerprint density at radius 1 is 0.286 bits per heavy atom. The van der Waals surface area contributed by atoms with Gasteiger partial charge in [-0.15, -0.1) is 0 Å². The Morgan fingerprint density at radius 3 is 1.19 bits per heavy atom. The SMILES string of the molecule is c1cc(-c2ccc3c4ccc(-c5cccc(-n6c7ccccc7c7ccccc76)c5)cc4c4nc5c(nc4c3c2)oc2ccccc25)cc(-n2c3ccccc3c3ccccc32)c1. The van der Waals surface area contributed by atoms with Gasteiger partial charge in [-0.05, 0) is 106 Å². The molecule has 0 N–H and O–H groups in total. The summed E-state index contributed by atoms with van der Waals surface area (Å²) in [7, 11) is 0. The van der Waals surface area contributed by atoms with Crippen LogP contribution >= 0.6 is 0 Å². The highest BCUT2D eigenvalue weighted by atomic mass is 16.3. The molecule has 0 aliphatic rings. The third-order valence-corrected chi connectivity index (χ3v) is 13.1. The topological polar surface area (TPSA) is 48.8 Å². The predicted molar refractivity (Wildman–Crippen MR) is 261 cm³/mol. The van der Waals surface area contributed by atoms with Gasteiger partial charge in [-0.1, -0.05) is 133 Å². The summed E-state index contributed by atoms with van der Waals surface area (Å²) in [6.45, 7) is 0. The van der Waals surface area contributed by atoms with Gasteiger partial charge in [-0.25, -0.2) is 9.97 Å². The molecule has 0 bridgehead atoms. The van der Waals surface area contributed by atoms with Gasteiger partial charge in [0.15, 0.2) is 0 Å². The molecule has 0 atom stereocenters. The molecular weight excluding hydrogens is 769 g/mol. The lowest BCUT2D eigenvalue weighted by Crippen LogP contribution is -1.95. The molecule has 0 unspecified atom stereocenters. The van der Waals surface area contributed by atoms with Crippen molar-refractivity contribution < 1.29 is 4.42 Å². The van der Waals surface area contributed by atoms with Crippen LogP contribution in [0.2, 0.25) is 0 Å². The largest absolute Gasteiger partial charge is 0.436 e. The number of nitrogens with zero attached hydrogens (tertiary/aromatic N) is 4. The Labute approximate surface area is 360 Å². The first-order valence-electron chi connectivity index (χ1n) is 21.4. The molecule has 292 valence electrons. The number of aromatic nitrogens is 4. The van der Waals surface area contributed by atoms with Crippen LogP contribution in [-0.2, 0) is 0 Å². The van der Waals surface area contributed by atoms with Crippen LogP contribution in [0.15, 0.2) is 211 Å². The number of benzene rings is 10. The lowest BCUT2D eigenvalue weighted by atomic mass is 9.93. The molecule has 0 radical (unpaired) electrons. The maximum atomic E-state index is 6.39. The quantitative estimate of drug-likeness (QED) is 0.167. The van der Waals surface area contributed by atoms with Gasteiger partial charge in [0.1, 0.15) is 16.6 Å². The van der Waals surface area contributed by atoms with E-state index in [1.165, 1.54) is 43.6 Å². The second-order valence-electron chi connectivity index (χ2n) is 16.5. The number of hydrogen-bond acceptors (Lipinski definition) is 3. The molecule has 5 nitrogen and oxygen atoms in total. The second kappa shape index (κ2) is 13.0. The number of para-hydroxylation sites is 5. The van der Waals surface area contributed by atoms with E-state index in [4.69, 9.17) is 14.4 Å². The molecule has 0 aliphatic heterocycles. The molecule has 14 rings (SSSR count). The van der Waals surface area contributed by atoms with Gasteiger partial charge >= 0.3 is 0 Å². The summed E-state index contributed by atoms with van der Waals surface area (Å²) in [6.07, 6.45) is 0. The molecule has 0 amide bonds. The van der Waals surface area contributed by atoms with Gasteiger partial charge in [0.2, 0.25) is 5.71 Å². The molecule has 63 heavy (non-hydrogen) atoms. The summed E-state index contributed by atoms with van der Waals surface area (Å²) in [6, 6.07) is 74.1. The van der Waals surface area contributed by atoms with Crippen LogP contribution < -0.4 is 0 Å². The van der Waals surface area contributed by atoms with Crippen LogP contribution in [0.3, 0.4) is 0 Å². The zero-order valence-electron chi connectivity index (χ0n) is 33.8. The molecule has 10 aromatic carbocycles. The minimum Gasteiger partial charge on any atom is -0.436 e. The Morgan fingerprint density at radius 2 is 0.698 bits per heavy atom. The van der Waals surface area contributed by atoms with Crippen molar-refractivity contribution in [2.45, 2.75) is 0 Å².